The van der Waals surface area contributed by atoms with Crippen molar-refractivity contribution in [2.24, 2.45) is 0 Å². The molecule has 0 radical (unpaired) electrons. The molecule has 0 spiro atoms. The fourth-order valence-corrected chi connectivity index (χ4v) is 4.14. The first-order valence-corrected chi connectivity index (χ1v) is 10.2. The van der Waals surface area contributed by atoms with E-state index in [2.05, 4.69) is 41.5 Å². The summed E-state index contributed by atoms with van der Waals surface area (Å²) in [5.74, 6) is 1.51. The number of piperidine rings is 1. The van der Waals surface area contributed by atoms with Crippen molar-refractivity contribution in [2.45, 2.75) is 44.1 Å². The predicted molar refractivity (Wildman–Crippen MR) is 112 cm³/mol. The third-order valence-corrected chi connectivity index (χ3v) is 5.59. The fraction of sp³-hybridized carbons (Fsp3) is 0.417. The maximum absolute atomic E-state index is 6.10. The Labute approximate surface area is 172 Å². The molecule has 2 aromatic carbocycles. The van der Waals surface area contributed by atoms with Gasteiger partial charge in [0, 0.05) is 0 Å². The van der Waals surface area contributed by atoms with Crippen LogP contribution in [0.3, 0.4) is 0 Å². The highest BCUT2D eigenvalue weighted by Crippen LogP contribution is 2.45. The molecule has 4 atom stereocenters. The summed E-state index contributed by atoms with van der Waals surface area (Å²) in [6.45, 7) is 1.39. The van der Waals surface area contributed by atoms with Crippen LogP contribution in [-0.2, 0) is 16.2 Å². The van der Waals surface area contributed by atoms with Crippen LogP contribution in [0, 0.1) is 0 Å². The van der Waals surface area contributed by atoms with Gasteiger partial charge in [-0.1, -0.05) is 48.6 Å². The van der Waals surface area contributed by atoms with Gasteiger partial charge >= 0.3 is 0 Å². The summed E-state index contributed by atoms with van der Waals surface area (Å²) in [5.41, 5.74) is 2.41. The zero-order valence-corrected chi connectivity index (χ0v) is 17.1. The predicted octanol–water partition coefficient (Wildman–Crippen LogP) is 4.69. The largest absolute Gasteiger partial charge is 0.493 e. The fourth-order valence-electron chi connectivity index (χ4n) is 4.14. The molecular weight excluding hydrogens is 366 g/mol. The Morgan fingerprint density at radius 3 is 2.62 bits per heavy atom. The third kappa shape index (κ3) is 4.64. The number of hydrogen-bond donors (Lipinski definition) is 0. The van der Waals surface area contributed by atoms with E-state index in [1.54, 1.807) is 14.2 Å². The standard InChI is InChI=1S/C24H29NO4/c1-26-23-12-11-19(14-24(23)27-2)22-16-21-15-20(25(22)29-21)10-6-7-13-28-17-18-8-4-3-5-9-18/h3-6,8-12,14,20-22H,7,13,15-17H2,1-2H3/b10-6+/t20-,21+,22-/m0/s1. The minimum absolute atomic E-state index is 0.248. The zero-order chi connectivity index (χ0) is 20.1. The number of methoxy groups -OCH3 is 2. The van der Waals surface area contributed by atoms with E-state index in [0.717, 1.165) is 37.4 Å². The molecule has 0 amide bonds. The van der Waals surface area contributed by atoms with Crippen molar-refractivity contribution in [1.82, 2.24) is 5.06 Å². The van der Waals surface area contributed by atoms with E-state index in [1.807, 2.05) is 24.3 Å². The minimum Gasteiger partial charge on any atom is -0.493 e. The maximum atomic E-state index is 6.10. The lowest BCUT2D eigenvalue weighted by atomic mass is 9.92. The highest BCUT2D eigenvalue weighted by atomic mass is 16.7. The molecule has 154 valence electrons. The Bertz CT molecular complexity index is 823. The van der Waals surface area contributed by atoms with Crippen LogP contribution < -0.4 is 9.47 Å². The third-order valence-electron chi connectivity index (χ3n) is 5.59. The van der Waals surface area contributed by atoms with Gasteiger partial charge in [-0.2, -0.15) is 5.06 Å². The average molecular weight is 395 g/mol. The SMILES string of the molecule is COc1ccc([C@@H]2C[C@H]3C[C@H](/C=C/CCOCc4ccccc4)N2O3)cc1OC. The van der Waals surface area contributed by atoms with Crippen LogP contribution in [0.2, 0.25) is 0 Å². The zero-order valence-electron chi connectivity index (χ0n) is 17.1. The molecule has 5 nitrogen and oxygen atoms in total. The lowest BCUT2D eigenvalue weighted by molar-refractivity contribution is -0.126. The van der Waals surface area contributed by atoms with Gasteiger partial charge in [-0.3, -0.25) is 4.84 Å². The first-order valence-electron chi connectivity index (χ1n) is 10.2. The molecule has 0 aliphatic carbocycles. The second kappa shape index (κ2) is 9.44. The first-order chi connectivity index (χ1) is 14.3. The quantitative estimate of drug-likeness (QED) is 0.455. The van der Waals surface area contributed by atoms with Crippen LogP contribution in [0.4, 0.5) is 0 Å². The van der Waals surface area contributed by atoms with Crippen LogP contribution in [0.5, 0.6) is 11.5 Å². The number of nitrogens with zero attached hydrogens (tertiary/aromatic N) is 1. The molecule has 4 rings (SSSR count). The number of benzene rings is 2. The summed E-state index contributed by atoms with van der Waals surface area (Å²) in [4.78, 5) is 6.10. The highest BCUT2D eigenvalue weighted by molar-refractivity contribution is 5.44. The van der Waals surface area contributed by atoms with Gasteiger partial charge in [-0.15, -0.1) is 0 Å². The topological polar surface area (TPSA) is 40.2 Å². The van der Waals surface area contributed by atoms with Gasteiger partial charge in [0.15, 0.2) is 11.5 Å². The van der Waals surface area contributed by atoms with Crippen LogP contribution >= 0.6 is 0 Å². The van der Waals surface area contributed by atoms with Crippen molar-refractivity contribution in [3.8, 4) is 11.5 Å². The lowest BCUT2D eigenvalue weighted by Gasteiger charge is -2.28. The molecule has 0 aromatic heterocycles. The van der Waals surface area contributed by atoms with Crippen molar-refractivity contribution in [3.05, 3.63) is 71.8 Å². The Hall–Kier alpha value is -2.34. The maximum Gasteiger partial charge on any atom is 0.161 e. The molecule has 1 unspecified atom stereocenters. The van der Waals surface area contributed by atoms with Crippen LogP contribution in [0.15, 0.2) is 60.7 Å². The molecule has 29 heavy (non-hydrogen) atoms. The molecule has 2 aromatic rings. The average Bonchev–Trinajstić information content (AvgIpc) is 3.37. The van der Waals surface area contributed by atoms with E-state index in [9.17, 15) is 0 Å². The Balaban J connectivity index is 1.29. The van der Waals surface area contributed by atoms with Gasteiger partial charge in [-0.25, -0.2) is 0 Å². The molecule has 0 N–H and O–H groups in total. The monoisotopic (exact) mass is 395 g/mol. The summed E-state index contributed by atoms with van der Waals surface area (Å²) in [7, 11) is 3.33. The van der Waals surface area contributed by atoms with E-state index >= 15 is 0 Å². The Kier molecular flexibility index (Phi) is 6.49. The number of fused-ring (bicyclic) bond motifs is 2. The summed E-state index contributed by atoms with van der Waals surface area (Å²) in [6.07, 6.45) is 7.73. The number of rotatable bonds is 9. The second-order valence-corrected chi connectivity index (χ2v) is 7.51. The first kappa shape index (κ1) is 20.0. The van der Waals surface area contributed by atoms with Crippen molar-refractivity contribution in [1.29, 1.82) is 0 Å². The van der Waals surface area contributed by atoms with Crippen molar-refractivity contribution in [3.63, 3.8) is 0 Å². The van der Waals surface area contributed by atoms with Gasteiger partial charge < -0.3 is 14.2 Å². The van der Waals surface area contributed by atoms with E-state index in [1.165, 1.54) is 11.1 Å². The molecule has 2 aliphatic rings. The van der Waals surface area contributed by atoms with E-state index < -0.39 is 0 Å². The molecule has 2 heterocycles. The smallest absolute Gasteiger partial charge is 0.161 e. The highest BCUT2D eigenvalue weighted by Gasteiger charge is 2.45. The Morgan fingerprint density at radius 2 is 1.86 bits per heavy atom. The number of hydroxylamine groups is 2. The summed E-state index contributed by atoms with van der Waals surface area (Å²) >= 11 is 0. The molecular formula is C24H29NO4. The van der Waals surface area contributed by atoms with Gasteiger partial charge in [0.2, 0.25) is 0 Å². The molecule has 2 saturated heterocycles. The van der Waals surface area contributed by atoms with Crippen molar-refractivity contribution >= 4 is 0 Å². The number of ether oxygens (including phenoxy) is 3. The lowest BCUT2D eigenvalue weighted by Crippen LogP contribution is -2.30. The van der Waals surface area contributed by atoms with Gasteiger partial charge in [0.05, 0.1) is 45.6 Å². The molecule has 2 bridgehead atoms. The normalized spacial score (nSPS) is 25.6. The summed E-state index contributed by atoms with van der Waals surface area (Å²) < 4.78 is 16.6. The van der Waals surface area contributed by atoms with Crippen LogP contribution in [0.1, 0.15) is 36.4 Å². The van der Waals surface area contributed by atoms with Crippen LogP contribution in [0.25, 0.3) is 0 Å². The summed E-state index contributed by atoms with van der Waals surface area (Å²) in [5, 5.41) is 2.15. The van der Waals surface area contributed by atoms with Gasteiger partial charge in [-0.05, 0) is 42.5 Å². The van der Waals surface area contributed by atoms with Gasteiger partial charge in [0.25, 0.3) is 0 Å². The van der Waals surface area contributed by atoms with E-state index in [4.69, 9.17) is 19.0 Å². The van der Waals surface area contributed by atoms with E-state index in [0.29, 0.717) is 12.6 Å². The molecule has 5 heteroatoms. The number of hydrogen-bond acceptors (Lipinski definition) is 5. The van der Waals surface area contributed by atoms with Crippen molar-refractivity contribution in [2.75, 3.05) is 20.8 Å². The van der Waals surface area contributed by atoms with E-state index in [-0.39, 0.29) is 12.1 Å². The molecule has 2 fully saturated rings. The molecule has 0 saturated carbocycles. The minimum atomic E-state index is 0.248. The van der Waals surface area contributed by atoms with Gasteiger partial charge in [0.1, 0.15) is 0 Å². The Morgan fingerprint density at radius 1 is 1.03 bits per heavy atom. The van der Waals surface area contributed by atoms with Crippen molar-refractivity contribution < 1.29 is 19.0 Å². The second-order valence-electron chi connectivity index (χ2n) is 7.51. The molecule has 2 aliphatic heterocycles. The van der Waals surface area contributed by atoms with Crippen LogP contribution in [-0.4, -0.2) is 38.0 Å². The summed E-state index contributed by atoms with van der Waals surface area (Å²) in [6, 6.07) is 17.0.